The van der Waals surface area contributed by atoms with Crippen LogP contribution in [0, 0.1) is 13.8 Å². The van der Waals surface area contributed by atoms with Crippen LogP contribution in [0.25, 0.3) is 0 Å². The molecule has 0 N–H and O–H groups in total. The molecule has 25 heavy (non-hydrogen) atoms. The van der Waals surface area contributed by atoms with Crippen LogP contribution in [0.1, 0.15) is 102 Å². The molecule has 1 aromatic carbocycles. The minimum Gasteiger partial charge on any atom is -0.0750 e. The highest BCUT2D eigenvalue weighted by Crippen LogP contribution is 2.38. The number of benzene rings is 1. The van der Waals surface area contributed by atoms with Crippen molar-refractivity contribution < 1.29 is 0 Å². The molecule has 0 aliphatic heterocycles. The van der Waals surface area contributed by atoms with Gasteiger partial charge in [0.2, 0.25) is 0 Å². The molecule has 0 fully saturated rings. The van der Waals surface area contributed by atoms with Gasteiger partial charge in [0.15, 0.2) is 0 Å². The van der Waals surface area contributed by atoms with Crippen molar-refractivity contribution in [1.29, 1.82) is 0 Å². The number of aryl methyl sites for hydroxylation is 1. The molecular weight excluding hydrogens is 319 g/mol. The van der Waals surface area contributed by atoms with Crippen molar-refractivity contribution in [3.63, 3.8) is 0 Å². The van der Waals surface area contributed by atoms with Crippen LogP contribution in [-0.4, -0.2) is 12.3 Å². The lowest BCUT2D eigenvalue weighted by Crippen LogP contribution is -2.11. The average molecular weight is 363 g/mol. The van der Waals surface area contributed by atoms with Crippen LogP contribution in [0.3, 0.4) is 0 Å². The van der Waals surface area contributed by atoms with Crippen LogP contribution in [0.4, 0.5) is 0 Å². The quantitative estimate of drug-likeness (QED) is 0.218. The van der Waals surface area contributed by atoms with Gasteiger partial charge < -0.3 is 0 Å². The van der Waals surface area contributed by atoms with Crippen molar-refractivity contribution in [1.82, 2.24) is 0 Å². The maximum absolute atomic E-state index is 2.43. The third kappa shape index (κ3) is 9.79. The van der Waals surface area contributed by atoms with E-state index in [1.807, 2.05) is 0 Å². The summed E-state index contributed by atoms with van der Waals surface area (Å²) in [5.41, 5.74) is 3.06. The first kappa shape index (κ1) is 22.7. The molecule has 0 amide bonds. The van der Waals surface area contributed by atoms with E-state index < -0.39 is 0 Å². The van der Waals surface area contributed by atoms with Crippen molar-refractivity contribution >= 4 is 13.2 Å². The molecule has 0 heterocycles. The zero-order valence-electron chi connectivity index (χ0n) is 17.6. The van der Waals surface area contributed by atoms with Crippen LogP contribution in [0.15, 0.2) is 18.2 Å². The summed E-state index contributed by atoms with van der Waals surface area (Å²) < 4.78 is 0. The number of hydrogen-bond donors (Lipinski definition) is 0. The van der Waals surface area contributed by atoms with Gasteiger partial charge in [-0.25, -0.2) is 0 Å². The Hall–Kier alpha value is -0.350. The first-order valence-electron chi connectivity index (χ1n) is 11.0. The fourth-order valence-electron chi connectivity index (χ4n) is 3.60. The fourth-order valence-corrected chi connectivity index (χ4v) is 6.46. The molecule has 1 aromatic rings. The standard InChI is InChI=1S/C24H43P/c1-5-7-9-11-13-15-20-25(21-16-14-12-10-8-6-2)24-19-17-18-22(3)23(24)4/h17-19H,5-16,20-21H2,1-4H3. The van der Waals surface area contributed by atoms with Gasteiger partial charge in [-0.15, -0.1) is 0 Å². The fraction of sp³-hybridized carbons (Fsp3) is 0.750. The monoisotopic (exact) mass is 362 g/mol. The highest BCUT2D eigenvalue weighted by atomic mass is 31.1. The molecule has 0 spiro atoms. The van der Waals surface area contributed by atoms with Crippen molar-refractivity contribution in [2.45, 2.75) is 105 Å². The van der Waals surface area contributed by atoms with Gasteiger partial charge in [-0.1, -0.05) is 104 Å². The summed E-state index contributed by atoms with van der Waals surface area (Å²) in [5, 5.41) is 1.71. The van der Waals surface area contributed by atoms with Crippen LogP contribution < -0.4 is 5.30 Å². The van der Waals surface area contributed by atoms with Crippen LogP contribution in [-0.2, 0) is 0 Å². The maximum atomic E-state index is 2.43. The number of unbranched alkanes of at least 4 members (excludes halogenated alkanes) is 10. The Kier molecular flexibility index (Phi) is 13.4. The third-order valence-corrected chi connectivity index (χ3v) is 8.36. The van der Waals surface area contributed by atoms with Gasteiger partial charge in [-0.05, 0) is 55.4 Å². The van der Waals surface area contributed by atoms with E-state index in [1.54, 1.807) is 10.9 Å². The second-order valence-electron chi connectivity index (χ2n) is 7.74. The van der Waals surface area contributed by atoms with Gasteiger partial charge in [0.1, 0.15) is 0 Å². The molecule has 0 unspecified atom stereocenters. The van der Waals surface area contributed by atoms with E-state index in [-0.39, 0.29) is 7.92 Å². The molecule has 1 heteroatoms. The summed E-state index contributed by atoms with van der Waals surface area (Å²) >= 11 is 0. The molecule has 0 radical (unpaired) electrons. The van der Waals surface area contributed by atoms with Crippen molar-refractivity contribution in [3.05, 3.63) is 29.3 Å². The number of rotatable bonds is 15. The van der Waals surface area contributed by atoms with E-state index in [4.69, 9.17) is 0 Å². The predicted octanol–water partition coefficient (Wildman–Crippen LogP) is 8.13. The van der Waals surface area contributed by atoms with Gasteiger partial charge in [-0.2, -0.15) is 0 Å². The Bertz CT molecular complexity index is 422. The molecule has 0 aliphatic carbocycles. The first-order valence-corrected chi connectivity index (χ1v) is 12.7. The van der Waals surface area contributed by atoms with E-state index in [0.717, 1.165) is 0 Å². The summed E-state index contributed by atoms with van der Waals surface area (Å²) in [6.07, 6.45) is 20.0. The lowest BCUT2D eigenvalue weighted by atomic mass is 10.1. The average Bonchev–Trinajstić information content (AvgIpc) is 2.61. The molecule has 0 nitrogen and oxygen atoms in total. The van der Waals surface area contributed by atoms with Crippen molar-refractivity contribution in [3.8, 4) is 0 Å². The Morgan fingerprint density at radius 3 is 1.64 bits per heavy atom. The largest absolute Gasteiger partial charge is 0.0750 e. The normalized spacial score (nSPS) is 11.4. The Morgan fingerprint density at radius 1 is 0.640 bits per heavy atom. The van der Waals surface area contributed by atoms with Gasteiger partial charge in [0, 0.05) is 0 Å². The Labute approximate surface area is 160 Å². The van der Waals surface area contributed by atoms with E-state index in [9.17, 15) is 0 Å². The lowest BCUT2D eigenvalue weighted by Gasteiger charge is -2.21. The highest BCUT2D eigenvalue weighted by Gasteiger charge is 2.13. The Morgan fingerprint density at radius 2 is 1.12 bits per heavy atom. The second kappa shape index (κ2) is 14.8. The molecule has 0 saturated carbocycles. The van der Waals surface area contributed by atoms with Gasteiger partial charge in [-0.3, -0.25) is 0 Å². The molecule has 0 aromatic heterocycles. The smallest absolute Gasteiger partial charge is 0.0209 e. The molecule has 0 saturated heterocycles. The van der Waals surface area contributed by atoms with Gasteiger partial charge in [0.05, 0.1) is 0 Å². The summed E-state index contributed by atoms with van der Waals surface area (Å²) in [7, 11) is 0.0582. The molecular formula is C24H43P. The highest BCUT2D eigenvalue weighted by molar-refractivity contribution is 7.65. The minimum absolute atomic E-state index is 0.0582. The molecule has 0 bridgehead atoms. The topological polar surface area (TPSA) is 0 Å². The maximum Gasteiger partial charge on any atom is -0.0209 e. The summed E-state index contributed by atoms with van der Waals surface area (Å²) in [5.74, 6) is 0. The first-order chi connectivity index (χ1) is 12.2. The zero-order chi connectivity index (χ0) is 18.3. The van der Waals surface area contributed by atoms with E-state index >= 15 is 0 Å². The summed E-state index contributed by atoms with van der Waals surface area (Å²) in [6, 6.07) is 7.00. The van der Waals surface area contributed by atoms with Gasteiger partial charge in [0.25, 0.3) is 0 Å². The summed E-state index contributed by atoms with van der Waals surface area (Å²) in [4.78, 5) is 0. The van der Waals surface area contributed by atoms with Gasteiger partial charge >= 0.3 is 0 Å². The second-order valence-corrected chi connectivity index (χ2v) is 10.2. The van der Waals surface area contributed by atoms with Crippen molar-refractivity contribution in [2.75, 3.05) is 12.3 Å². The lowest BCUT2D eigenvalue weighted by molar-refractivity contribution is 0.622. The minimum atomic E-state index is 0.0582. The summed E-state index contributed by atoms with van der Waals surface area (Å²) in [6.45, 7) is 9.24. The van der Waals surface area contributed by atoms with Crippen LogP contribution in [0.2, 0.25) is 0 Å². The van der Waals surface area contributed by atoms with E-state index in [1.165, 1.54) is 94.9 Å². The number of hydrogen-bond acceptors (Lipinski definition) is 0. The molecule has 1 rings (SSSR count). The molecule has 0 aliphatic rings. The molecule has 0 atom stereocenters. The van der Waals surface area contributed by atoms with Crippen LogP contribution >= 0.6 is 7.92 Å². The third-order valence-electron chi connectivity index (χ3n) is 5.48. The van der Waals surface area contributed by atoms with E-state index in [2.05, 4.69) is 45.9 Å². The predicted molar refractivity (Wildman–Crippen MR) is 119 cm³/mol. The SMILES string of the molecule is CCCCCCCCP(CCCCCCCC)c1cccc(C)c1C. The van der Waals surface area contributed by atoms with Crippen LogP contribution in [0.5, 0.6) is 0 Å². The Balaban J connectivity index is 2.47. The molecule has 144 valence electrons. The van der Waals surface area contributed by atoms with E-state index in [0.29, 0.717) is 0 Å². The zero-order valence-corrected chi connectivity index (χ0v) is 18.5. The van der Waals surface area contributed by atoms with Crippen molar-refractivity contribution in [2.24, 2.45) is 0 Å².